The predicted molar refractivity (Wildman–Crippen MR) is 146 cm³/mol. The molecule has 6 rings (SSSR count). The largest absolute Gasteiger partial charge is 0.451 e. The zero-order chi connectivity index (χ0) is 24.1. The van der Waals surface area contributed by atoms with Gasteiger partial charge in [0.2, 0.25) is 5.43 Å². The Morgan fingerprint density at radius 3 is 2.19 bits per heavy atom. The van der Waals surface area contributed by atoms with Gasteiger partial charge in [-0.15, -0.1) is 12.4 Å². The van der Waals surface area contributed by atoms with Crippen molar-refractivity contribution in [3.05, 3.63) is 88.5 Å². The summed E-state index contributed by atoms with van der Waals surface area (Å²) in [6, 6.07) is 19.5. The van der Waals surface area contributed by atoms with Gasteiger partial charge in [-0.1, -0.05) is 67.1 Å². The highest BCUT2D eigenvalue weighted by Gasteiger charge is 2.31. The Balaban J connectivity index is 0.00000267. The van der Waals surface area contributed by atoms with Crippen molar-refractivity contribution < 1.29 is 4.42 Å². The van der Waals surface area contributed by atoms with Crippen LogP contribution in [0.3, 0.4) is 0 Å². The van der Waals surface area contributed by atoms with E-state index in [1.165, 1.54) is 0 Å². The molecule has 2 aromatic carbocycles. The van der Waals surface area contributed by atoms with Crippen molar-refractivity contribution in [2.24, 2.45) is 7.05 Å². The van der Waals surface area contributed by atoms with Crippen molar-refractivity contribution >= 4 is 29.1 Å². The number of benzene rings is 2. The summed E-state index contributed by atoms with van der Waals surface area (Å²) in [6.07, 6.45) is 5.05. The molecule has 0 atom stereocenters. The average Bonchev–Trinajstić information content (AvgIpc) is 3.18. The van der Waals surface area contributed by atoms with E-state index in [0.717, 1.165) is 52.9 Å². The molecule has 182 valence electrons. The molecule has 0 spiro atoms. The van der Waals surface area contributed by atoms with Gasteiger partial charge in [-0.05, 0) is 25.3 Å². The smallest absolute Gasteiger partial charge is 0.217 e. The third kappa shape index (κ3) is 3.69. The molecule has 7 heteroatoms. The SMILES string of the molecule is Cc1c(-c2nc(C3CCC3)c(-c3ccccc3)c3c(=O)c(N)c(-c4ccccc4)oc23)cnn1C.Cl. The second kappa shape index (κ2) is 9.28. The van der Waals surface area contributed by atoms with Crippen LogP contribution in [0.25, 0.3) is 44.7 Å². The summed E-state index contributed by atoms with van der Waals surface area (Å²) >= 11 is 0. The Bertz CT molecular complexity index is 1620. The van der Waals surface area contributed by atoms with Crippen molar-refractivity contribution in [1.29, 1.82) is 0 Å². The molecule has 0 bridgehead atoms. The van der Waals surface area contributed by atoms with Gasteiger partial charge in [0.05, 0.1) is 17.3 Å². The van der Waals surface area contributed by atoms with Crippen LogP contribution < -0.4 is 11.2 Å². The Labute approximate surface area is 215 Å². The van der Waals surface area contributed by atoms with E-state index in [9.17, 15) is 4.79 Å². The van der Waals surface area contributed by atoms with Crippen LogP contribution in [0.5, 0.6) is 0 Å². The highest BCUT2D eigenvalue weighted by molar-refractivity contribution is 6.03. The van der Waals surface area contributed by atoms with Crippen LogP contribution in [-0.4, -0.2) is 14.8 Å². The number of hydrogen-bond acceptors (Lipinski definition) is 5. The number of anilines is 1. The van der Waals surface area contributed by atoms with Crippen molar-refractivity contribution in [2.75, 3.05) is 5.73 Å². The number of hydrogen-bond donors (Lipinski definition) is 1. The number of aromatic nitrogens is 3. The first-order valence-electron chi connectivity index (χ1n) is 11.9. The second-order valence-electron chi connectivity index (χ2n) is 9.23. The van der Waals surface area contributed by atoms with Crippen LogP contribution in [-0.2, 0) is 7.05 Å². The number of fused-ring (bicyclic) bond motifs is 1. The standard InChI is InChI=1S/C29H26N4O2.ClH/c1-17-21(16-31-33(17)2)26-29-23(27(34)24(30)28(35-29)20-12-7-4-8-13-20)22(18-10-5-3-6-11-18)25(32-26)19-14-9-15-19;/h3-8,10-13,16,19H,9,14-15,30H2,1-2H3;1H. The number of nitrogen functional groups attached to an aromatic ring is 1. The van der Waals surface area contributed by atoms with E-state index in [1.54, 1.807) is 6.20 Å². The van der Waals surface area contributed by atoms with Crippen LogP contribution in [0.2, 0.25) is 0 Å². The van der Waals surface area contributed by atoms with E-state index in [-0.39, 0.29) is 23.5 Å². The van der Waals surface area contributed by atoms with Crippen LogP contribution in [0.1, 0.15) is 36.6 Å². The summed E-state index contributed by atoms with van der Waals surface area (Å²) in [5.41, 5.74) is 12.7. The van der Waals surface area contributed by atoms with E-state index in [0.29, 0.717) is 28.3 Å². The summed E-state index contributed by atoms with van der Waals surface area (Å²) in [4.78, 5) is 19.3. The molecule has 1 aliphatic rings. The lowest BCUT2D eigenvalue weighted by atomic mass is 9.79. The van der Waals surface area contributed by atoms with Crippen LogP contribution in [0.15, 0.2) is 76.1 Å². The van der Waals surface area contributed by atoms with E-state index in [4.69, 9.17) is 15.1 Å². The first kappa shape index (κ1) is 23.8. The number of nitrogens with zero attached hydrogens (tertiary/aromatic N) is 3. The first-order valence-corrected chi connectivity index (χ1v) is 11.9. The minimum atomic E-state index is -0.227. The number of nitrogens with two attached hydrogens (primary N) is 1. The fraction of sp³-hybridized carbons (Fsp3) is 0.207. The normalized spacial score (nSPS) is 13.4. The minimum absolute atomic E-state index is 0. The van der Waals surface area contributed by atoms with Crippen molar-refractivity contribution in [1.82, 2.24) is 14.8 Å². The van der Waals surface area contributed by atoms with Crippen LogP contribution in [0, 0.1) is 6.92 Å². The molecule has 0 amide bonds. The van der Waals surface area contributed by atoms with Crippen molar-refractivity contribution in [2.45, 2.75) is 32.1 Å². The topological polar surface area (TPSA) is 86.9 Å². The van der Waals surface area contributed by atoms with E-state index < -0.39 is 0 Å². The Morgan fingerprint density at radius 2 is 1.64 bits per heavy atom. The molecule has 6 nitrogen and oxygen atoms in total. The summed E-state index contributed by atoms with van der Waals surface area (Å²) in [5.74, 6) is 0.655. The van der Waals surface area contributed by atoms with Gasteiger partial charge in [0.15, 0.2) is 11.3 Å². The lowest BCUT2D eigenvalue weighted by molar-refractivity contribution is 0.412. The number of pyridine rings is 1. The highest BCUT2D eigenvalue weighted by Crippen LogP contribution is 2.45. The maximum Gasteiger partial charge on any atom is 0.217 e. The zero-order valence-corrected chi connectivity index (χ0v) is 21.0. The van der Waals surface area contributed by atoms with Gasteiger partial charge in [0.1, 0.15) is 11.4 Å². The number of aryl methyl sites for hydroxylation is 1. The predicted octanol–water partition coefficient (Wildman–Crippen LogP) is 6.50. The van der Waals surface area contributed by atoms with Gasteiger partial charge in [-0.2, -0.15) is 5.10 Å². The first-order chi connectivity index (χ1) is 17.0. The van der Waals surface area contributed by atoms with Gasteiger partial charge >= 0.3 is 0 Å². The molecular weight excluding hydrogens is 472 g/mol. The summed E-state index contributed by atoms with van der Waals surface area (Å²) < 4.78 is 8.34. The third-order valence-electron chi connectivity index (χ3n) is 7.18. The van der Waals surface area contributed by atoms with Crippen molar-refractivity contribution in [3.8, 4) is 33.7 Å². The zero-order valence-electron chi connectivity index (χ0n) is 20.2. The van der Waals surface area contributed by atoms with Crippen LogP contribution in [0.4, 0.5) is 5.69 Å². The fourth-order valence-electron chi connectivity index (χ4n) is 4.89. The Morgan fingerprint density at radius 1 is 1.00 bits per heavy atom. The van der Waals surface area contributed by atoms with Crippen molar-refractivity contribution in [3.63, 3.8) is 0 Å². The summed E-state index contributed by atoms with van der Waals surface area (Å²) in [6.45, 7) is 2.00. The number of rotatable bonds is 4. The monoisotopic (exact) mass is 498 g/mol. The molecule has 3 aromatic heterocycles. The average molecular weight is 499 g/mol. The molecule has 0 saturated heterocycles. The molecule has 1 fully saturated rings. The molecular formula is C29H27ClN4O2. The molecule has 0 aliphatic heterocycles. The number of halogens is 1. The molecule has 2 N–H and O–H groups in total. The van der Waals surface area contributed by atoms with Gasteiger partial charge in [-0.25, -0.2) is 4.98 Å². The van der Waals surface area contributed by atoms with Crippen LogP contribution >= 0.6 is 12.4 Å². The van der Waals surface area contributed by atoms with E-state index >= 15 is 0 Å². The Hall–Kier alpha value is -3.90. The molecule has 1 saturated carbocycles. The lowest BCUT2D eigenvalue weighted by Gasteiger charge is -2.28. The molecule has 3 heterocycles. The summed E-state index contributed by atoms with van der Waals surface area (Å²) in [7, 11) is 1.90. The van der Waals surface area contributed by atoms with Gasteiger partial charge < -0.3 is 10.2 Å². The molecule has 5 aromatic rings. The molecule has 36 heavy (non-hydrogen) atoms. The highest BCUT2D eigenvalue weighted by atomic mass is 35.5. The maximum atomic E-state index is 14.0. The maximum absolute atomic E-state index is 14.0. The summed E-state index contributed by atoms with van der Waals surface area (Å²) in [5, 5.41) is 4.93. The van der Waals surface area contributed by atoms with E-state index in [2.05, 4.69) is 5.10 Å². The third-order valence-corrected chi connectivity index (χ3v) is 7.18. The molecule has 0 unspecified atom stereocenters. The quantitative estimate of drug-likeness (QED) is 0.305. The molecule has 0 radical (unpaired) electrons. The minimum Gasteiger partial charge on any atom is -0.451 e. The van der Waals surface area contributed by atoms with Gasteiger partial charge in [0, 0.05) is 35.3 Å². The van der Waals surface area contributed by atoms with Gasteiger partial charge in [0.25, 0.3) is 0 Å². The van der Waals surface area contributed by atoms with E-state index in [1.807, 2.05) is 79.3 Å². The molecule has 1 aliphatic carbocycles. The second-order valence-corrected chi connectivity index (χ2v) is 9.23. The lowest BCUT2D eigenvalue weighted by Crippen LogP contribution is -2.17. The van der Waals surface area contributed by atoms with Gasteiger partial charge in [-0.3, -0.25) is 9.48 Å². The Kier molecular flexibility index (Phi) is 6.14. The fourth-order valence-corrected chi connectivity index (χ4v) is 4.89.